The number of nitrogens with one attached hydrogen (secondary N) is 1. The standard InChI is InChI=1S/C14H26N6O/c1-5-21-14-17-12(15-2)16-13(18-14)20-8-6-11(7-9-20)10-19(3)4/h11H,5-10H2,1-4H3,(H,15,16,17,18). The second-order valence-corrected chi connectivity index (χ2v) is 5.62. The second kappa shape index (κ2) is 7.40. The van der Waals surface area contributed by atoms with E-state index in [9.17, 15) is 0 Å². The average molecular weight is 294 g/mol. The molecule has 0 aromatic carbocycles. The van der Waals surface area contributed by atoms with Crippen LogP contribution in [-0.4, -0.2) is 67.2 Å². The first kappa shape index (κ1) is 15.8. The quantitative estimate of drug-likeness (QED) is 0.842. The molecule has 1 N–H and O–H groups in total. The largest absolute Gasteiger partial charge is 0.464 e. The van der Waals surface area contributed by atoms with Gasteiger partial charge in [0.15, 0.2) is 0 Å². The fourth-order valence-corrected chi connectivity index (χ4v) is 2.62. The Morgan fingerprint density at radius 3 is 2.52 bits per heavy atom. The van der Waals surface area contributed by atoms with E-state index in [-0.39, 0.29) is 0 Å². The van der Waals surface area contributed by atoms with Crippen LogP contribution in [0.15, 0.2) is 0 Å². The molecule has 118 valence electrons. The summed E-state index contributed by atoms with van der Waals surface area (Å²) in [5.41, 5.74) is 0. The number of aromatic nitrogens is 3. The van der Waals surface area contributed by atoms with E-state index in [1.807, 2.05) is 6.92 Å². The summed E-state index contributed by atoms with van der Waals surface area (Å²) in [6.07, 6.45) is 2.34. The molecule has 1 fully saturated rings. The van der Waals surface area contributed by atoms with Crippen LogP contribution in [0, 0.1) is 5.92 Å². The Labute approximate surface area is 126 Å². The van der Waals surface area contributed by atoms with Gasteiger partial charge in [-0.2, -0.15) is 15.0 Å². The Kier molecular flexibility index (Phi) is 5.55. The van der Waals surface area contributed by atoms with E-state index in [1.165, 1.54) is 12.8 Å². The van der Waals surface area contributed by atoms with Gasteiger partial charge in [-0.05, 0) is 39.8 Å². The Morgan fingerprint density at radius 2 is 1.95 bits per heavy atom. The van der Waals surface area contributed by atoms with Crippen LogP contribution in [0.25, 0.3) is 0 Å². The zero-order valence-electron chi connectivity index (χ0n) is 13.5. The molecule has 0 bridgehead atoms. The Bertz CT molecular complexity index is 445. The van der Waals surface area contributed by atoms with Crippen molar-refractivity contribution in [3.63, 3.8) is 0 Å². The molecular weight excluding hydrogens is 268 g/mol. The molecule has 0 unspecified atom stereocenters. The van der Waals surface area contributed by atoms with Crippen molar-refractivity contribution >= 4 is 11.9 Å². The van der Waals surface area contributed by atoms with Gasteiger partial charge in [0.2, 0.25) is 11.9 Å². The second-order valence-electron chi connectivity index (χ2n) is 5.62. The van der Waals surface area contributed by atoms with Gasteiger partial charge in [-0.1, -0.05) is 0 Å². The molecule has 1 aromatic heterocycles. The smallest absolute Gasteiger partial charge is 0.323 e. The van der Waals surface area contributed by atoms with E-state index in [2.05, 4.69) is 44.2 Å². The number of ether oxygens (including phenoxy) is 1. The Balaban J connectivity index is 2.03. The predicted molar refractivity (Wildman–Crippen MR) is 84.0 cm³/mol. The summed E-state index contributed by atoms with van der Waals surface area (Å²) in [5.74, 6) is 2.02. The molecule has 0 atom stereocenters. The minimum atomic E-state index is 0.391. The summed E-state index contributed by atoms with van der Waals surface area (Å²) >= 11 is 0. The fourth-order valence-electron chi connectivity index (χ4n) is 2.62. The van der Waals surface area contributed by atoms with Gasteiger partial charge in [0.1, 0.15) is 0 Å². The maximum Gasteiger partial charge on any atom is 0.323 e. The molecule has 2 heterocycles. The van der Waals surface area contributed by atoms with Crippen LogP contribution >= 0.6 is 0 Å². The van der Waals surface area contributed by atoms with Crippen molar-refractivity contribution in [3.05, 3.63) is 0 Å². The lowest BCUT2D eigenvalue weighted by Crippen LogP contribution is -2.38. The van der Waals surface area contributed by atoms with Gasteiger partial charge in [0.25, 0.3) is 0 Å². The lowest BCUT2D eigenvalue weighted by Gasteiger charge is -2.33. The maximum absolute atomic E-state index is 5.42. The Hall–Kier alpha value is -1.63. The van der Waals surface area contributed by atoms with E-state index in [4.69, 9.17) is 4.74 Å². The SMILES string of the molecule is CCOc1nc(NC)nc(N2CCC(CN(C)C)CC2)n1. The summed E-state index contributed by atoms with van der Waals surface area (Å²) < 4.78 is 5.42. The number of hydrogen-bond acceptors (Lipinski definition) is 7. The average Bonchev–Trinajstić information content (AvgIpc) is 2.47. The summed E-state index contributed by atoms with van der Waals surface area (Å²) in [6.45, 7) is 5.60. The van der Waals surface area contributed by atoms with E-state index in [0.29, 0.717) is 24.5 Å². The van der Waals surface area contributed by atoms with E-state index >= 15 is 0 Å². The molecule has 0 radical (unpaired) electrons. The van der Waals surface area contributed by atoms with Crippen LogP contribution in [-0.2, 0) is 0 Å². The highest BCUT2D eigenvalue weighted by Gasteiger charge is 2.22. The van der Waals surface area contributed by atoms with Crippen molar-refractivity contribution in [3.8, 4) is 6.01 Å². The monoisotopic (exact) mass is 294 g/mol. The van der Waals surface area contributed by atoms with E-state index in [1.54, 1.807) is 7.05 Å². The van der Waals surface area contributed by atoms with Crippen molar-refractivity contribution in [2.45, 2.75) is 19.8 Å². The fraction of sp³-hybridized carbons (Fsp3) is 0.786. The molecule has 1 aliphatic rings. The van der Waals surface area contributed by atoms with Gasteiger partial charge >= 0.3 is 6.01 Å². The number of rotatable bonds is 6. The number of piperidine rings is 1. The highest BCUT2D eigenvalue weighted by Crippen LogP contribution is 2.22. The third-order valence-corrected chi connectivity index (χ3v) is 3.62. The van der Waals surface area contributed by atoms with E-state index in [0.717, 1.165) is 25.6 Å². The van der Waals surface area contributed by atoms with Crippen LogP contribution in [0.5, 0.6) is 6.01 Å². The van der Waals surface area contributed by atoms with Crippen LogP contribution in [0.3, 0.4) is 0 Å². The summed E-state index contributed by atoms with van der Waals surface area (Å²) in [6, 6.07) is 0.391. The molecular formula is C14H26N6O. The topological polar surface area (TPSA) is 66.4 Å². The highest BCUT2D eigenvalue weighted by molar-refractivity contribution is 5.38. The van der Waals surface area contributed by atoms with Gasteiger partial charge in [-0.15, -0.1) is 0 Å². The van der Waals surface area contributed by atoms with Crippen molar-refractivity contribution < 1.29 is 4.74 Å². The van der Waals surface area contributed by atoms with Gasteiger partial charge in [0, 0.05) is 26.7 Å². The minimum absolute atomic E-state index is 0.391. The molecule has 0 aliphatic carbocycles. The molecule has 2 rings (SSSR count). The van der Waals surface area contributed by atoms with Crippen molar-refractivity contribution in [2.24, 2.45) is 5.92 Å². The van der Waals surface area contributed by atoms with Gasteiger partial charge in [-0.3, -0.25) is 0 Å². The molecule has 0 saturated carbocycles. The number of anilines is 2. The molecule has 7 nitrogen and oxygen atoms in total. The summed E-state index contributed by atoms with van der Waals surface area (Å²) in [4.78, 5) is 17.5. The zero-order chi connectivity index (χ0) is 15.2. The van der Waals surface area contributed by atoms with Crippen molar-refractivity contribution in [1.82, 2.24) is 19.9 Å². The molecule has 0 amide bonds. The van der Waals surface area contributed by atoms with Crippen molar-refractivity contribution in [1.29, 1.82) is 0 Å². The molecule has 1 aliphatic heterocycles. The predicted octanol–water partition coefficient (Wildman–Crippen LogP) is 1.09. The molecule has 1 aromatic rings. The Morgan fingerprint density at radius 1 is 1.24 bits per heavy atom. The maximum atomic E-state index is 5.42. The summed E-state index contributed by atoms with van der Waals surface area (Å²) in [5, 5.41) is 2.96. The summed E-state index contributed by atoms with van der Waals surface area (Å²) in [7, 11) is 6.07. The van der Waals surface area contributed by atoms with Crippen LogP contribution in [0.4, 0.5) is 11.9 Å². The lowest BCUT2D eigenvalue weighted by molar-refractivity contribution is 0.283. The van der Waals surface area contributed by atoms with Crippen LogP contribution in [0.1, 0.15) is 19.8 Å². The zero-order valence-corrected chi connectivity index (χ0v) is 13.5. The van der Waals surface area contributed by atoms with Gasteiger partial charge < -0.3 is 19.9 Å². The first-order valence-corrected chi connectivity index (χ1v) is 7.58. The van der Waals surface area contributed by atoms with E-state index < -0.39 is 0 Å². The third-order valence-electron chi connectivity index (χ3n) is 3.62. The van der Waals surface area contributed by atoms with Crippen molar-refractivity contribution in [2.75, 3.05) is 57.6 Å². The van der Waals surface area contributed by atoms with Gasteiger partial charge in [-0.25, -0.2) is 0 Å². The molecule has 7 heteroatoms. The lowest BCUT2D eigenvalue weighted by atomic mass is 9.97. The molecule has 21 heavy (non-hydrogen) atoms. The van der Waals surface area contributed by atoms with Crippen LogP contribution < -0.4 is 15.0 Å². The van der Waals surface area contributed by atoms with Crippen LogP contribution in [0.2, 0.25) is 0 Å². The minimum Gasteiger partial charge on any atom is -0.464 e. The number of hydrogen-bond donors (Lipinski definition) is 1. The normalized spacial score (nSPS) is 16.3. The highest BCUT2D eigenvalue weighted by atomic mass is 16.5. The van der Waals surface area contributed by atoms with Gasteiger partial charge in [0.05, 0.1) is 6.61 Å². The first-order valence-electron chi connectivity index (χ1n) is 7.58. The number of nitrogens with zero attached hydrogens (tertiary/aromatic N) is 5. The third kappa shape index (κ3) is 4.42. The first-order chi connectivity index (χ1) is 10.1. The molecule has 1 saturated heterocycles. The molecule has 0 spiro atoms.